The Kier molecular flexibility index (Phi) is 3.06. The van der Waals surface area contributed by atoms with Crippen LogP contribution in [0.3, 0.4) is 0 Å². The number of hydrogen-bond donors (Lipinski definition) is 2. The molecule has 2 rings (SSSR count). The second-order valence-electron chi connectivity index (χ2n) is 4.78. The summed E-state index contributed by atoms with van der Waals surface area (Å²) in [6, 6.07) is 0.371. The van der Waals surface area contributed by atoms with Gasteiger partial charge in [-0.3, -0.25) is 4.79 Å². The topological polar surface area (TPSA) is 41.1 Å². The zero-order chi connectivity index (χ0) is 9.97. The minimum Gasteiger partial charge on any atom is -0.353 e. The first kappa shape index (κ1) is 9.97. The number of hydrogen-bond acceptors (Lipinski definition) is 2. The molecule has 2 fully saturated rings. The lowest BCUT2D eigenvalue weighted by Crippen LogP contribution is -2.38. The molecule has 2 aliphatic rings. The average Bonchev–Trinajstić information content (AvgIpc) is 2.80. The van der Waals surface area contributed by atoms with Gasteiger partial charge in [0.15, 0.2) is 0 Å². The van der Waals surface area contributed by atoms with Crippen molar-refractivity contribution >= 4 is 5.91 Å². The van der Waals surface area contributed by atoms with Crippen LogP contribution in [0.15, 0.2) is 0 Å². The molecule has 80 valence electrons. The van der Waals surface area contributed by atoms with Crippen LogP contribution >= 0.6 is 0 Å². The van der Waals surface area contributed by atoms with Gasteiger partial charge in [-0.15, -0.1) is 0 Å². The van der Waals surface area contributed by atoms with Gasteiger partial charge in [0.2, 0.25) is 5.91 Å². The monoisotopic (exact) mass is 196 g/mol. The van der Waals surface area contributed by atoms with Crippen molar-refractivity contribution in [3.05, 3.63) is 0 Å². The minimum absolute atomic E-state index is 0.219. The molecule has 0 spiro atoms. The smallest absolute Gasteiger partial charge is 0.224 e. The van der Waals surface area contributed by atoms with Crippen LogP contribution < -0.4 is 10.6 Å². The van der Waals surface area contributed by atoms with Gasteiger partial charge in [0.25, 0.3) is 0 Å². The van der Waals surface area contributed by atoms with E-state index in [0.717, 1.165) is 25.4 Å². The summed E-state index contributed by atoms with van der Waals surface area (Å²) in [6.45, 7) is 3.98. The Morgan fingerprint density at radius 3 is 2.86 bits per heavy atom. The summed E-state index contributed by atoms with van der Waals surface area (Å²) >= 11 is 0. The Labute approximate surface area is 85.6 Å². The lowest BCUT2D eigenvalue weighted by atomic mass is 10.1. The van der Waals surface area contributed by atoms with Crippen molar-refractivity contribution in [2.75, 3.05) is 13.1 Å². The van der Waals surface area contributed by atoms with Gasteiger partial charge in [-0.05, 0) is 32.2 Å². The van der Waals surface area contributed by atoms with Crippen LogP contribution in [0.2, 0.25) is 0 Å². The van der Waals surface area contributed by atoms with E-state index >= 15 is 0 Å². The number of rotatable bonds is 4. The molecule has 14 heavy (non-hydrogen) atoms. The highest BCUT2D eigenvalue weighted by atomic mass is 16.2. The van der Waals surface area contributed by atoms with Crippen LogP contribution in [0.5, 0.6) is 0 Å². The number of amides is 1. The highest BCUT2D eigenvalue weighted by molar-refractivity contribution is 5.79. The molecular formula is C11H20N2O. The van der Waals surface area contributed by atoms with Crippen LogP contribution in [0, 0.1) is 11.8 Å². The molecular weight excluding hydrogens is 176 g/mol. The van der Waals surface area contributed by atoms with Crippen molar-refractivity contribution in [2.45, 2.75) is 38.6 Å². The molecule has 2 N–H and O–H groups in total. The normalized spacial score (nSPS) is 28.8. The maximum absolute atomic E-state index is 11.7. The van der Waals surface area contributed by atoms with Gasteiger partial charge in [0.1, 0.15) is 0 Å². The average molecular weight is 196 g/mol. The molecule has 0 aromatic rings. The summed E-state index contributed by atoms with van der Waals surface area (Å²) in [4.78, 5) is 11.7. The number of nitrogens with one attached hydrogen (secondary N) is 2. The van der Waals surface area contributed by atoms with Crippen molar-refractivity contribution in [1.82, 2.24) is 10.6 Å². The van der Waals surface area contributed by atoms with Crippen LogP contribution in [-0.2, 0) is 4.79 Å². The molecule has 2 unspecified atom stereocenters. The quantitative estimate of drug-likeness (QED) is 0.701. The fourth-order valence-corrected chi connectivity index (χ4v) is 2.15. The second-order valence-corrected chi connectivity index (χ2v) is 4.78. The van der Waals surface area contributed by atoms with Crippen molar-refractivity contribution in [3.8, 4) is 0 Å². The maximum atomic E-state index is 11.7. The highest BCUT2D eigenvalue weighted by Crippen LogP contribution is 2.33. The summed E-state index contributed by atoms with van der Waals surface area (Å²) < 4.78 is 0. The van der Waals surface area contributed by atoms with E-state index in [9.17, 15) is 4.79 Å². The molecule has 2 atom stereocenters. The highest BCUT2D eigenvalue weighted by Gasteiger charge is 2.27. The van der Waals surface area contributed by atoms with Gasteiger partial charge in [-0.25, -0.2) is 0 Å². The molecule has 0 aromatic heterocycles. The summed E-state index contributed by atoms with van der Waals surface area (Å²) in [5.41, 5.74) is 0. The predicted octanol–water partition coefficient (Wildman–Crippen LogP) is 0.901. The summed E-state index contributed by atoms with van der Waals surface area (Å²) in [5.74, 6) is 1.37. The third-order valence-corrected chi connectivity index (χ3v) is 3.20. The molecule has 1 aliphatic carbocycles. The number of carbonyl (C=O) groups is 1. The summed E-state index contributed by atoms with van der Waals surface area (Å²) in [6.07, 6.45) is 4.91. The van der Waals surface area contributed by atoms with E-state index in [1.54, 1.807) is 0 Å². The van der Waals surface area contributed by atoms with Crippen molar-refractivity contribution < 1.29 is 4.79 Å². The summed E-state index contributed by atoms with van der Waals surface area (Å²) in [7, 11) is 0. The largest absolute Gasteiger partial charge is 0.353 e. The molecule has 0 bridgehead atoms. The predicted molar refractivity (Wildman–Crippen MR) is 55.9 cm³/mol. The van der Waals surface area contributed by atoms with Gasteiger partial charge in [0, 0.05) is 12.6 Å². The second kappa shape index (κ2) is 4.30. The van der Waals surface area contributed by atoms with E-state index in [-0.39, 0.29) is 11.8 Å². The van der Waals surface area contributed by atoms with E-state index in [1.807, 2.05) is 0 Å². The fraction of sp³-hybridized carbons (Fsp3) is 0.909. The molecule has 0 aromatic carbocycles. The standard InChI is InChI=1S/C11H20N2O/c1-8(6-9-2-3-9)13-11(14)10-4-5-12-7-10/h8-10,12H,2-7H2,1H3,(H,13,14). The fourth-order valence-electron chi connectivity index (χ4n) is 2.15. The van der Waals surface area contributed by atoms with Gasteiger partial charge >= 0.3 is 0 Å². The molecule has 0 radical (unpaired) electrons. The summed E-state index contributed by atoms with van der Waals surface area (Å²) in [5, 5.41) is 6.33. The molecule has 1 aliphatic heterocycles. The van der Waals surface area contributed by atoms with Gasteiger partial charge < -0.3 is 10.6 Å². The van der Waals surface area contributed by atoms with Crippen LogP contribution in [0.25, 0.3) is 0 Å². The van der Waals surface area contributed by atoms with Crippen molar-refractivity contribution in [1.29, 1.82) is 0 Å². The lowest BCUT2D eigenvalue weighted by Gasteiger charge is -2.16. The van der Waals surface area contributed by atoms with Crippen LogP contribution in [0.4, 0.5) is 0 Å². The lowest BCUT2D eigenvalue weighted by molar-refractivity contribution is -0.125. The molecule has 3 heteroatoms. The first-order valence-electron chi connectivity index (χ1n) is 5.77. The zero-order valence-corrected chi connectivity index (χ0v) is 8.88. The molecule has 1 heterocycles. The van der Waals surface area contributed by atoms with E-state index in [1.165, 1.54) is 19.3 Å². The minimum atomic E-state index is 0.219. The Balaban J connectivity index is 1.69. The Morgan fingerprint density at radius 1 is 1.50 bits per heavy atom. The first-order valence-corrected chi connectivity index (χ1v) is 5.77. The van der Waals surface area contributed by atoms with Gasteiger partial charge in [-0.2, -0.15) is 0 Å². The van der Waals surface area contributed by atoms with E-state index in [2.05, 4.69) is 17.6 Å². The van der Waals surface area contributed by atoms with Gasteiger partial charge in [-0.1, -0.05) is 12.8 Å². The first-order chi connectivity index (χ1) is 6.75. The van der Waals surface area contributed by atoms with E-state index in [4.69, 9.17) is 0 Å². The molecule has 1 amide bonds. The van der Waals surface area contributed by atoms with Crippen LogP contribution in [0.1, 0.15) is 32.6 Å². The zero-order valence-electron chi connectivity index (χ0n) is 8.88. The SMILES string of the molecule is CC(CC1CC1)NC(=O)C1CCNC1. The van der Waals surface area contributed by atoms with E-state index in [0.29, 0.717) is 6.04 Å². The molecule has 3 nitrogen and oxygen atoms in total. The third kappa shape index (κ3) is 2.71. The van der Waals surface area contributed by atoms with Gasteiger partial charge in [0.05, 0.1) is 5.92 Å². The molecule has 1 saturated carbocycles. The van der Waals surface area contributed by atoms with Crippen LogP contribution in [-0.4, -0.2) is 25.0 Å². The van der Waals surface area contributed by atoms with E-state index < -0.39 is 0 Å². The Hall–Kier alpha value is -0.570. The number of carbonyl (C=O) groups excluding carboxylic acids is 1. The Bertz CT molecular complexity index is 207. The third-order valence-electron chi connectivity index (χ3n) is 3.20. The van der Waals surface area contributed by atoms with Crippen molar-refractivity contribution in [2.24, 2.45) is 11.8 Å². The molecule has 1 saturated heterocycles. The van der Waals surface area contributed by atoms with Crippen molar-refractivity contribution in [3.63, 3.8) is 0 Å². The Morgan fingerprint density at radius 2 is 2.29 bits per heavy atom. The maximum Gasteiger partial charge on any atom is 0.224 e.